The van der Waals surface area contributed by atoms with Crippen molar-refractivity contribution in [3.05, 3.63) is 29.8 Å². The summed E-state index contributed by atoms with van der Waals surface area (Å²) in [5, 5.41) is 0. The molecule has 0 amide bonds. The maximum Gasteiger partial charge on any atom is 0.307 e. The fourth-order valence-electron chi connectivity index (χ4n) is 3.98. The molecule has 0 spiro atoms. The number of esters is 1. The van der Waals surface area contributed by atoms with Crippen LogP contribution in [0.5, 0.6) is 5.75 Å². The maximum atomic E-state index is 10.9. The zero-order chi connectivity index (χ0) is 32.3. The predicted octanol–water partition coefficient (Wildman–Crippen LogP) is 4.66. The van der Waals surface area contributed by atoms with Gasteiger partial charge in [0.2, 0.25) is 0 Å². The Balaban J connectivity index is 1.72. The van der Waals surface area contributed by atoms with E-state index in [1.54, 1.807) is 0 Å². The van der Waals surface area contributed by atoms with Crippen molar-refractivity contribution in [2.24, 2.45) is 0 Å². The molecule has 0 aromatic heterocycles. The van der Waals surface area contributed by atoms with Gasteiger partial charge in [-0.1, -0.05) is 51.2 Å². The largest absolute Gasteiger partial charge is 0.491 e. The third kappa shape index (κ3) is 29.3. The molecular formula is C34H60O11. The third-order valence-electron chi connectivity index (χ3n) is 6.52. The number of carbonyl (C=O) groups excluding carboxylic acids is 1. The number of rotatable bonds is 35. The van der Waals surface area contributed by atoms with E-state index in [1.807, 2.05) is 12.1 Å². The standard InChI is InChI=1S/C34H60O11/c1-3-4-5-6-7-8-9-32-10-12-33(13-11-32)45-31-30-44-29-28-43-27-26-42-25-24-41-23-22-40-21-20-39-19-18-38-17-16-37-15-14-34(35)36-2/h10-13H,3-9,14-31H2,1-2H3. The van der Waals surface area contributed by atoms with Crippen molar-refractivity contribution in [2.75, 3.05) is 119 Å². The SMILES string of the molecule is CCCCCCCCc1ccc(OCCOCCOCCOCCOCCOCCOCCOCCOCCC(=O)OC)cc1. The number of hydrogen-bond donors (Lipinski definition) is 0. The van der Waals surface area contributed by atoms with Gasteiger partial charge in [0.1, 0.15) is 12.4 Å². The highest BCUT2D eigenvalue weighted by atomic mass is 16.6. The van der Waals surface area contributed by atoms with Crippen molar-refractivity contribution in [3.8, 4) is 5.75 Å². The van der Waals surface area contributed by atoms with Gasteiger partial charge < -0.3 is 47.4 Å². The molecule has 45 heavy (non-hydrogen) atoms. The first kappa shape index (κ1) is 41.2. The van der Waals surface area contributed by atoms with Crippen LogP contribution in [0.15, 0.2) is 24.3 Å². The lowest BCUT2D eigenvalue weighted by molar-refractivity contribution is -0.141. The van der Waals surface area contributed by atoms with E-state index in [0.29, 0.717) is 112 Å². The molecule has 0 aliphatic heterocycles. The molecule has 0 unspecified atom stereocenters. The molecule has 1 rings (SSSR count). The van der Waals surface area contributed by atoms with Crippen LogP contribution in [0.1, 0.15) is 57.4 Å². The minimum atomic E-state index is -0.282. The second-order valence-corrected chi connectivity index (χ2v) is 10.2. The Morgan fingerprint density at radius 3 is 1.29 bits per heavy atom. The summed E-state index contributed by atoms with van der Waals surface area (Å²) in [7, 11) is 1.36. The van der Waals surface area contributed by atoms with Crippen LogP contribution in [0.4, 0.5) is 0 Å². The fourth-order valence-corrected chi connectivity index (χ4v) is 3.98. The molecule has 0 aliphatic rings. The highest BCUT2D eigenvalue weighted by Gasteiger charge is 2.00. The van der Waals surface area contributed by atoms with Crippen molar-refractivity contribution in [1.82, 2.24) is 0 Å². The van der Waals surface area contributed by atoms with Crippen LogP contribution in [0.2, 0.25) is 0 Å². The van der Waals surface area contributed by atoms with Crippen molar-refractivity contribution in [2.45, 2.75) is 58.3 Å². The lowest BCUT2D eigenvalue weighted by Gasteiger charge is -2.09. The zero-order valence-corrected chi connectivity index (χ0v) is 28.0. The summed E-state index contributed by atoms with van der Waals surface area (Å²) in [6.07, 6.45) is 9.33. The van der Waals surface area contributed by atoms with E-state index in [2.05, 4.69) is 23.8 Å². The smallest absolute Gasteiger partial charge is 0.307 e. The van der Waals surface area contributed by atoms with Gasteiger partial charge in [0.05, 0.1) is 119 Å². The van der Waals surface area contributed by atoms with E-state index in [9.17, 15) is 4.79 Å². The zero-order valence-electron chi connectivity index (χ0n) is 28.0. The second kappa shape index (κ2) is 33.5. The maximum absolute atomic E-state index is 10.9. The molecule has 0 fully saturated rings. The molecule has 262 valence electrons. The van der Waals surface area contributed by atoms with Crippen molar-refractivity contribution in [3.63, 3.8) is 0 Å². The lowest BCUT2D eigenvalue weighted by Crippen LogP contribution is -2.15. The summed E-state index contributed by atoms with van der Waals surface area (Å²) in [5.74, 6) is 0.601. The molecule has 0 saturated carbocycles. The summed E-state index contributed by atoms with van der Waals surface area (Å²) < 4.78 is 53.9. The van der Waals surface area contributed by atoms with E-state index >= 15 is 0 Å². The molecule has 0 aliphatic carbocycles. The van der Waals surface area contributed by atoms with Crippen LogP contribution < -0.4 is 4.74 Å². The Labute approximate surface area is 271 Å². The fraction of sp³-hybridized carbons (Fsp3) is 0.794. The van der Waals surface area contributed by atoms with Gasteiger partial charge in [-0.05, 0) is 30.5 Å². The molecule has 11 heteroatoms. The van der Waals surface area contributed by atoms with Gasteiger partial charge in [-0.15, -0.1) is 0 Å². The van der Waals surface area contributed by atoms with Gasteiger partial charge in [0, 0.05) is 0 Å². The molecule has 0 saturated heterocycles. The summed E-state index contributed by atoms with van der Waals surface area (Å²) in [6.45, 7) is 10.6. The van der Waals surface area contributed by atoms with Gasteiger partial charge in [0.25, 0.3) is 0 Å². The molecular weight excluding hydrogens is 584 g/mol. The topological polar surface area (TPSA) is 109 Å². The average molecular weight is 645 g/mol. The van der Waals surface area contributed by atoms with Crippen LogP contribution >= 0.6 is 0 Å². The van der Waals surface area contributed by atoms with Gasteiger partial charge in [-0.25, -0.2) is 0 Å². The second-order valence-electron chi connectivity index (χ2n) is 10.2. The van der Waals surface area contributed by atoms with Crippen molar-refractivity contribution < 1.29 is 52.2 Å². The third-order valence-corrected chi connectivity index (χ3v) is 6.52. The first-order valence-corrected chi connectivity index (χ1v) is 16.7. The van der Waals surface area contributed by atoms with Gasteiger partial charge >= 0.3 is 5.97 Å². The normalized spacial score (nSPS) is 11.2. The monoisotopic (exact) mass is 644 g/mol. The Morgan fingerprint density at radius 2 is 0.867 bits per heavy atom. The number of carbonyl (C=O) groups is 1. The number of ether oxygens (including phenoxy) is 10. The summed E-state index contributed by atoms with van der Waals surface area (Å²) in [4.78, 5) is 10.9. The van der Waals surface area contributed by atoms with E-state index in [4.69, 9.17) is 42.6 Å². The molecule has 1 aromatic carbocycles. The molecule has 0 atom stereocenters. The summed E-state index contributed by atoms with van der Waals surface area (Å²) in [6, 6.07) is 8.42. The van der Waals surface area contributed by atoms with Crippen LogP contribution in [-0.2, 0) is 53.8 Å². The lowest BCUT2D eigenvalue weighted by atomic mass is 10.0. The molecule has 0 radical (unpaired) electrons. The molecule has 11 nitrogen and oxygen atoms in total. The van der Waals surface area contributed by atoms with E-state index in [0.717, 1.165) is 12.2 Å². The number of methoxy groups -OCH3 is 1. The van der Waals surface area contributed by atoms with Crippen LogP contribution in [-0.4, -0.2) is 125 Å². The Bertz CT molecular complexity index is 748. The van der Waals surface area contributed by atoms with Gasteiger partial charge in [-0.2, -0.15) is 0 Å². The number of unbranched alkanes of at least 4 members (excludes halogenated alkanes) is 5. The Kier molecular flexibility index (Phi) is 30.7. The molecule has 0 heterocycles. The van der Waals surface area contributed by atoms with Crippen LogP contribution in [0.25, 0.3) is 0 Å². The molecule has 0 bridgehead atoms. The quantitative estimate of drug-likeness (QED) is 0.0760. The van der Waals surface area contributed by atoms with Crippen LogP contribution in [0.3, 0.4) is 0 Å². The number of aryl methyl sites for hydroxylation is 1. The predicted molar refractivity (Wildman–Crippen MR) is 172 cm³/mol. The first-order chi connectivity index (χ1) is 22.3. The minimum Gasteiger partial charge on any atom is -0.491 e. The van der Waals surface area contributed by atoms with E-state index < -0.39 is 0 Å². The molecule has 0 N–H and O–H groups in total. The van der Waals surface area contributed by atoms with E-state index in [-0.39, 0.29) is 12.4 Å². The van der Waals surface area contributed by atoms with Gasteiger partial charge in [-0.3, -0.25) is 4.79 Å². The van der Waals surface area contributed by atoms with Gasteiger partial charge in [0.15, 0.2) is 0 Å². The Morgan fingerprint density at radius 1 is 0.489 bits per heavy atom. The molecule has 1 aromatic rings. The summed E-state index contributed by atoms with van der Waals surface area (Å²) in [5.41, 5.74) is 1.38. The Hall–Kier alpha value is -1.83. The summed E-state index contributed by atoms with van der Waals surface area (Å²) >= 11 is 0. The minimum absolute atomic E-state index is 0.249. The van der Waals surface area contributed by atoms with Crippen LogP contribution in [0, 0.1) is 0 Å². The average Bonchev–Trinajstić information content (AvgIpc) is 3.06. The van der Waals surface area contributed by atoms with E-state index in [1.165, 1.54) is 51.2 Å². The van der Waals surface area contributed by atoms with Crippen molar-refractivity contribution >= 4 is 5.97 Å². The number of hydrogen-bond acceptors (Lipinski definition) is 11. The van der Waals surface area contributed by atoms with Crippen molar-refractivity contribution in [1.29, 1.82) is 0 Å². The highest BCUT2D eigenvalue weighted by molar-refractivity contribution is 5.69. The highest BCUT2D eigenvalue weighted by Crippen LogP contribution is 2.15. The number of benzene rings is 1. The first-order valence-electron chi connectivity index (χ1n) is 16.7.